The van der Waals surface area contributed by atoms with E-state index in [0.29, 0.717) is 171 Å². The van der Waals surface area contributed by atoms with Gasteiger partial charge in [0, 0.05) is 130 Å². The topological polar surface area (TPSA) is 288 Å². The fourth-order valence-corrected chi connectivity index (χ4v) is 16.9. The van der Waals surface area contributed by atoms with Crippen molar-refractivity contribution in [2.45, 2.75) is 177 Å². The normalized spacial score (nSPS) is 11.4. The molecule has 0 saturated heterocycles. The highest BCUT2D eigenvalue weighted by atomic mass is 16.7. The fourth-order valence-electron chi connectivity index (χ4n) is 16.9. The van der Waals surface area contributed by atoms with E-state index in [2.05, 4.69) is 0 Å². The lowest BCUT2D eigenvalue weighted by Crippen LogP contribution is -2.27. The van der Waals surface area contributed by atoms with E-state index in [-0.39, 0.29) is 103 Å². The van der Waals surface area contributed by atoms with Gasteiger partial charge in [0.1, 0.15) is 141 Å². The second-order valence-electron chi connectivity index (χ2n) is 38.7. The summed E-state index contributed by atoms with van der Waals surface area (Å²) >= 11 is 0. The minimum Gasteiger partial charge on any atom is -0.496 e. The van der Waals surface area contributed by atoms with Crippen molar-refractivity contribution in [3.8, 4) is 92.0 Å². The fraction of sp³-hybridized carbons (Fsp3) is 0.353. The first-order valence-electron chi connectivity index (χ1n) is 48.2. The molecule has 12 aromatic carbocycles. The van der Waals surface area contributed by atoms with E-state index >= 15 is 0 Å². The molecule has 0 unspecified atom stereocenters. The molecule has 0 fully saturated rings. The van der Waals surface area contributed by atoms with Crippen molar-refractivity contribution in [1.29, 1.82) is 0 Å². The molecule has 0 aliphatic heterocycles. The van der Waals surface area contributed by atoms with Crippen molar-refractivity contribution >= 4 is 30.2 Å². The zero-order valence-corrected chi connectivity index (χ0v) is 87.2. The third kappa shape index (κ3) is 33.0. The zero-order chi connectivity index (χ0) is 105. The van der Waals surface area contributed by atoms with E-state index in [1.165, 1.54) is 7.11 Å². The van der Waals surface area contributed by atoms with Crippen LogP contribution < -0.4 is 75.8 Å². The summed E-state index contributed by atoms with van der Waals surface area (Å²) in [6.45, 7) is 20.9. The standard InChI is InChI=1S/C119H134O27/c1-116(2,3)143-105(121)72-138-96-41-42-104(142-76-133-44-43-125-13)81(52-96)45-82-53-97(134-68-77-33-25-21-26-34-77)54-83(109(82)126-14)46-88-59-100(139-73-106(122)144-117(4,5)6)60-89(112(88)129-17)47-84-55-98(135-69-78-35-27-22-28-36-78)56-85(110(84)127-15)48-90-61-101(140-74-107(123)145-118(7,8)9)62-91(113(90)130-18)49-86-57-99(136-70-79-37-29-23-30-38-79)58-87(111(86)128-16)50-92-63-102(141-75-108(124)146-119(10,11)12)64-93(114(92)131-19)51-94-65-103(66-95(67-120)115(94)132-20)137-71-80-39-31-24-32-40-80/h21-42,52-67H,43-51,68-76H2,1-20H3. The van der Waals surface area contributed by atoms with Crippen molar-refractivity contribution in [2.24, 2.45) is 0 Å². The summed E-state index contributed by atoms with van der Waals surface area (Å²) in [5, 5.41) is 0. The molecule has 0 saturated carbocycles. The van der Waals surface area contributed by atoms with Gasteiger partial charge in [-0.15, -0.1) is 0 Å². The van der Waals surface area contributed by atoms with Gasteiger partial charge in [-0.25, -0.2) is 19.2 Å². The number of hydrogen-bond donors (Lipinski definition) is 0. The summed E-state index contributed by atoms with van der Waals surface area (Å²) in [5.41, 5.74) is 9.31. The number of carbonyl (C=O) groups excluding carboxylic acids is 5. The first kappa shape index (κ1) is 110. The van der Waals surface area contributed by atoms with Crippen LogP contribution in [0, 0.1) is 0 Å². The van der Waals surface area contributed by atoms with Gasteiger partial charge < -0.3 is 104 Å². The average Bonchev–Trinajstić information content (AvgIpc) is 0.778. The highest BCUT2D eigenvalue weighted by Gasteiger charge is 2.31. The van der Waals surface area contributed by atoms with Crippen LogP contribution in [0.25, 0.3) is 0 Å². The van der Waals surface area contributed by atoms with Crippen molar-refractivity contribution in [3.05, 3.63) is 330 Å². The maximum Gasteiger partial charge on any atom is 0.344 e. The average molecular weight is 2000 g/mol. The zero-order valence-electron chi connectivity index (χ0n) is 87.2. The van der Waals surface area contributed by atoms with Crippen LogP contribution in [0.15, 0.2) is 224 Å². The van der Waals surface area contributed by atoms with E-state index in [0.717, 1.165) is 28.5 Å². The second kappa shape index (κ2) is 51.9. The van der Waals surface area contributed by atoms with E-state index in [4.69, 9.17) is 104 Å². The highest BCUT2D eigenvalue weighted by molar-refractivity contribution is 5.82. The van der Waals surface area contributed by atoms with Gasteiger partial charge >= 0.3 is 23.9 Å². The molecule has 772 valence electrons. The lowest BCUT2D eigenvalue weighted by atomic mass is 9.91. The third-order valence-corrected chi connectivity index (χ3v) is 22.5. The Bertz CT molecular complexity index is 6390. The van der Waals surface area contributed by atoms with Crippen LogP contribution in [0.1, 0.15) is 194 Å². The molecule has 12 rings (SSSR count). The Labute approximate surface area is 856 Å². The summed E-state index contributed by atoms with van der Waals surface area (Å²) in [5.74, 6) is 4.22. The molecule has 0 amide bonds. The molecule has 0 radical (unpaired) electrons. The number of esters is 4. The number of ether oxygens (including phenoxy) is 22. The number of carbonyl (C=O) groups is 5. The summed E-state index contributed by atoms with van der Waals surface area (Å²) in [7, 11) is 12.6. The van der Waals surface area contributed by atoms with Gasteiger partial charge in [0.2, 0.25) is 0 Å². The Kier molecular flexibility index (Phi) is 39.0. The molecule has 0 N–H and O–H groups in total. The first-order chi connectivity index (χ1) is 70.0. The Morgan fingerprint density at radius 1 is 0.240 bits per heavy atom. The van der Waals surface area contributed by atoms with Gasteiger partial charge in [0.25, 0.3) is 0 Å². The molecule has 12 aromatic rings. The quantitative estimate of drug-likeness (QED) is 0.0112. The summed E-state index contributed by atoms with van der Waals surface area (Å²) in [6, 6.07) is 70.2. The van der Waals surface area contributed by atoms with Crippen molar-refractivity contribution < 1.29 is 128 Å². The minimum absolute atomic E-state index is 0.0777. The number of aldehydes is 1. The maximum atomic E-state index is 13.9. The molecular formula is C119H134O27. The van der Waals surface area contributed by atoms with Gasteiger partial charge in [0.05, 0.1) is 68.5 Å². The first-order valence-corrected chi connectivity index (χ1v) is 48.2. The summed E-state index contributed by atoms with van der Waals surface area (Å²) in [4.78, 5) is 67.5. The molecule has 0 spiro atoms. The number of hydrogen-bond acceptors (Lipinski definition) is 27. The second-order valence-corrected chi connectivity index (χ2v) is 38.7. The molecule has 27 heteroatoms. The monoisotopic (exact) mass is 1990 g/mol. The van der Waals surface area contributed by atoms with E-state index in [1.807, 2.05) is 194 Å². The van der Waals surface area contributed by atoms with Crippen LogP contribution in [0.4, 0.5) is 0 Å². The number of benzene rings is 12. The van der Waals surface area contributed by atoms with E-state index in [1.54, 1.807) is 163 Å². The van der Waals surface area contributed by atoms with Gasteiger partial charge in [0.15, 0.2) is 39.5 Å². The van der Waals surface area contributed by atoms with Crippen LogP contribution in [0.3, 0.4) is 0 Å². The van der Waals surface area contributed by atoms with Crippen molar-refractivity contribution in [1.82, 2.24) is 0 Å². The Hall–Kier alpha value is -15.1. The van der Waals surface area contributed by atoms with E-state index < -0.39 is 66.1 Å². The number of rotatable bonds is 52. The summed E-state index contributed by atoms with van der Waals surface area (Å²) in [6.07, 6.45) is 1.49. The minimum atomic E-state index is -0.858. The Balaban J connectivity index is 1.00. The van der Waals surface area contributed by atoms with Gasteiger partial charge in [-0.3, -0.25) is 4.79 Å². The molecule has 0 bridgehead atoms. The smallest absolute Gasteiger partial charge is 0.344 e. The van der Waals surface area contributed by atoms with E-state index in [9.17, 15) is 24.0 Å². The molecule has 0 aromatic heterocycles. The Morgan fingerprint density at radius 3 is 0.692 bits per heavy atom. The summed E-state index contributed by atoms with van der Waals surface area (Å²) < 4.78 is 139. The van der Waals surface area contributed by atoms with Crippen molar-refractivity contribution in [2.75, 3.05) is 103 Å². The molecular weight excluding hydrogens is 1860 g/mol. The van der Waals surface area contributed by atoms with Gasteiger partial charge in [-0.05, 0) is 208 Å². The van der Waals surface area contributed by atoms with Crippen molar-refractivity contribution in [3.63, 3.8) is 0 Å². The lowest BCUT2D eigenvalue weighted by Gasteiger charge is -2.23. The SMILES string of the molecule is COCCOCOc1ccc(OCC(=O)OC(C)(C)C)cc1Cc1cc(OCc2ccccc2)cc(Cc2cc(OCC(=O)OC(C)(C)C)cc(Cc3cc(OCc4ccccc4)cc(Cc4cc(OCC(=O)OC(C)(C)C)cc(Cc5cc(OCc6ccccc6)cc(Cc6cc(OCC(=O)OC(C)(C)C)cc(Cc7cc(OCc8ccccc8)cc(C=O)c7OC)c6OC)c5OC)c4OC)c3OC)c2OC)c1OC. The van der Waals surface area contributed by atoms with Crippen LogP contribution >= 0.6 is 0 Å². The van der Waals surface area contributed by atoms with Crippen LogP contribution in [0.2, 0.25) is 0 Å². The van der Waals surface area contributed by atoms with Crippen LogP contribution in [0.5, 0.6) is 92.0 Å². The molecule has 0 atom stereocenters. The lowest BCUT2D eigenvalue weighted by molar-refractivity contribution is -0.158. The van der Waals surface area contributed by atoms with Gasteiger partial charge in [-0.2, -0.15) is 0 Å². The number of methoxy groups -OCH3 is 8. The maximum absolute atomic E-state index is 13.9. The Morgan fingerprint density at radius 2 is 0.459 bits per heavy atom. The predicted octanol–water partition coefficient (Wildman–Crippen LogP) is 21.9. The van der Waals surface area contributed by atoms with Crippen LogP contribution in [-0.2, 0) is 119 Å². The molecule has 0 aliphatic carbocycles. The molecule has 0 heterocycles. The molecule has 146 heavy (non-hydrogen) atoms. The van der Waals surface area contributed by atoms with Gasteiger partial charge in [-0.1, -0.05) is 121 Å². The largest absolute Gasteiger partial charge is 0.496 e. The third-order valence-electron chi connectivity index (χ3n) is 22.5. The molecule has 27 nitrogen and oxygen atoms in total. The van der Waals surface area contributed by atoms with Crippen LogP contribution in [-0.4, -0.2) is 156 Å². The molecule has 0 aliphatic rings. The predicted molar refractivity (Wildman–Crippen MR) is 554 cm³/mol. The highest BCUT2D eigenvalue weighted by Crippen LogP contribution is 2.47.